The molecule has 7 nitrogen and oxygen atoms in total. The summed E-state index contributed by atoms with van der Waals surface area (Å²) in [4.78, 5) is 28.3. The molecule has 1 heterocycles. The fourth-order valence-electron chi connectivity index (χ4n) is 2.97. The molecule has 146 valence electrons. The molecule has 1 aliphatic rings. The molecule has 26 heavy (non-hydrogen) atoms. The number of esters is 1. The average molecular weight is 406 g/mol. The van der Waals surface area contributed by atoms with Gasteiger partial charge in [-0.05, 0) is 17.7 Å². The van der Waals surface area contributed by atoms with Crippen molar-refractivity contribution in [3.63, 3.8) is 0 Å². The second kappa shape index (κ2) is 10.7. The standard InChI is InChI=1S/C17H24ClN3O4.ClH/c1-24-11-14(19)16(22)21-8-6-20(7-9-21)15(17(23)25-2)12-4-3-5-13(18)10-12;/h3-5,10,14-15H,6-9,11,19H2,1-2H3;1H. The van der Waals surface area contributed by atoms with Crippen molar-refractivity contribution in [1.29, 1.82) is 0 Å². The van der Waals surface area contributed by atoms with Gasteiger partial charge in [-0.1, -0.05) is 23.7 Å². The molecule has 1 fully saturated rings. The van der Waals surface area contributed by atoms with Crippen molar-refractivity contribution in [1.82, 2.24) is 9.80 Å². The molecule has 0 bridgehead atoms. The molecule has 0 aromatic heterocycles. The van der Waals surface area contributed by atoms with Gasteiger partial charge in [-0.2, -0.15) is 0 Å². The lowest BCUT2D eigenvalue weighted by Crippen LogP contribution is -2.55. The van der Waals surface area contributed by atoms with Crippen LogP contribution in [0.3, 0.4) is 0 Å². The number of benzene rings is 1. The minimum Gasteiger partial charge on any atom is -0.468 e. The second-order valence-corrected chi connectivity index (χ2v) is 6.34. The van der Waals surface area contributed by atoms with Crippen molar-refractivity contribution in [2.45, 2.75) is 12.1 Å². The smallest absolute Gasteiger partial charge is 0.327 e. The predicted molar refractivity (Wildman–Crippen MR) is 101 cm³/mol. The average Bonchev–Trinajstić information content (AvgIpc) is 2.62. The van der Waals surface area contributed by atoms with Crippen molar-refractivity contribution in [2.75, 3.05) is 47.0 Å². The highest BCUT2D eigenvalue weighted by atomic mass is 35.5. The fourth-order valence-corrected chi connectivity index (χ4v) is 3.17. The SMILES string of the molecule is COCC(N)C(=O)N1CCN(C(C(=O)OC)c2cccc(Cl)c2)CC1.Cl. The molecular weight excluding hydrogens is 381 g/mol. The highest BCUT2D eigenvalue weighted by Gasteiger charge is 2.33. The van der Waals surface area contributed by atoms with Gasteiger partial charge in [0.15, 0.2) is 0 Å². The third kappa shape index (κ3) is 5.56. The predicted octanol–water partition coefficient (Wildman–Crippen LogP) is 1.09. The van der Waals surface area contributed by atoms with E-state index >= 15 is 0 Å². The first-order valence-electron chi connectivity index (χ1n) is 8.08. The number of ether oxygens (including phenoxy) is 2. The molecule has 2 rings (SSSR count). The van der Waals surface area contributed by atoms with E-state index in [4.69, 9.17) is 26.8 Å². The van der Waals surface area contributed by atoms with E-state index in [0.717, 1.165) is 5.56 Å². The number of hydrogen-bond donors (Lipinski definition) is 1. The fraction of sp³-hybridized carbons (Fsp3) is 0.529. The number of hydrogen-bond acceptors (Lipinski definition) is 6. The third-order valence-electron chi connectivity index (χ3n) is 4.24. The van der Waals surface area contributed by atoms with E-state index in [1.807, 2.05) is 11.0 Å². The summed E-state index contributed by atoms with van der Waals surface area (Å²) in [5.41, 5.74) is 6.59. The number of piperazine rings is 1. The Morgan fingerprint density at radius 3 is 2.42 bits per heavy atom. The Labute approximate surface area is 164 Å². The van der Waals surface area contributed by atoms with Crippen LogP contribution < -0.4 is 5.73 Å². The van der Waals surface area contributed by atoms with E-state index in [0.29, 0.717) is 31.2 Å². The van der Waals surface area contributed by atoms with Crippen molar-refractivity contribution in [2.24, 2.45) is 5.73 Å². The molecule has 1 aromatic rings. The zero-order chi connectivity index (χ0) is 18.4. The van der Waals surface area contributed by atoms with E-state index in [9.17, 15) is 9.59 Å². The highest BCUT2D eigenvalue weighted by Crippen LogP contribution is 2.26. The first-order valence-corrected chi connectivity index (χ1v) is 8.46. The summed E-state index contributed by atoms with van der Waals surface area (Å²) in [5.74, 6) is -0.489. The third-order valence-corrected chi connectivity index (χ3v) is 4.48. The summed E-state index contributed by atoms with van der Waals surface area (Å²) in [6, 6.07) is 5.95. The lowest BCUT2D eigenvalue weighted by molar-refractivity contribution is -0.148. The topological polar surface area (TPSA) is 85.1 Å². The zero-order valence-corrected chi connectivity index (χ0v) is 16.5. The molecule has 1 aromatic carbocycles. The molecule has 2 N–H and O–H groups in total. The number of rotatable bonds is 6. The number of carbonyl (C=O) groups is 2. The molecule has 0 aliphatic carbocycles. The summed E-state index contributed by atoms with van der Waals surface area (Å²) >= 11 is 6.06. The lowest BCUT2D eigenvalue weighted by atomic mass is 10.0. The minimum absolute atomic E-state index is 0. The number of nitrogens with two attached hydrogens (primary N) is 1. The van der Waals surface area contributed by atoms with E-state index in [1.165, 1.54) is 14.2 Å². The maximum absolute atomic E-state index is 12.3. The molecular formula is C17H25Cl2N3O4. The number of nitrogens with zero attached hydrogens (tertiary/aromatic N) is 2. The monoisotopic (exact) mass is 405 g/mol. The van der Waals surface area contributed by atoms with Crippen molar-refractivity contribution >= 4 is 35.9 Å². The Bertz CT molecular complexity index is 609. The van der Waals surface area contributed by atoms with Crippen molar-refractivity contribution < 1.29 is 19.1 Å². The molecule has 0 radical (unpaired) electrons. The molecule has 0 spiro atoms. The van der Waals surface area contributed by atoms with Crippen LogP contribution in [-0.2, 0) is 19.1 Å². The Kier molecular flexibility index (Phi) is 9.32. The van der Waals surface area contributed by atoms with Gasteiger partial charge in [-0.3, -0.25) is 9.69 Å². The summed E-state index contributed by atoms with van der Waals surface area (Å²) < 4.78 is 9.90. The summed E-state index contributed by atoms with van der Waals surface area (Å²) in [5, 5.41) is 0.561. The maximum Gasteiger partial charge on any atom is 0.327 e. The molecule has 2 unspecified atom stereocenters. The van der Waals surface area contributed by atoms with Gasteiger partial charge in [-0.25, -0.2) is 4.79 Å². The number of halogens is 2. The first kappa shape index (κ1) is 22.7. The van der Waals surface area contributed by atoms with Crippen LogP contribution in [0.5, 0.6) is 0 Å². The summed E-state index contributed by atoms with van der Waals surface area (Å²) in [6.07, 6.45) is 0. The van der Waals surface area contributed by atoms with Crippen LogP contribution in [-0.4, -0.2) is 74.7 Å². The van der Waals surface area contributed by atoms with Crippen molar-refractivity contribution in [3.8, 4) is 0 Å². The molecule has 1 amide bonds. The molecule has 1 saturated heterocycles. The Hall–Kier alpha value is -1.38. The van der Waals surface area contributed by atoms with Crippen LogP contribution >= 0.6 is 24.0 Å². The van der Waals surface area contributed by atoms with Crippen LogP contribution in [0.4, 0.5) is 0 Å². The van der Waals surface area contributed by atoms with Gasteiger partial charge in [0.2, 0.25) is 5.91 Å². The Morgan fingerprint density at radius 2 is 1.88 bits per heavy atom. The second-order valence-electron chi connectivity index (χ2n) is 5.90. The highest BCUT2D eigenvalue weighted by molar-refractivity contribution is 6.30. The summed E-state index contributed by atoms with van der Waals surface area (Å²) in [6.45, 7) is 2.25. The molecule has 0 saturated carbocycles. The van der Waals surface area contributed by atoms with Crippen LogP contribution in [0, 0.1) is 0 Å². The van der Waals surface area contributed by atoms with Gasteiger partial charge in [0.1, 0.15) is 12.1 Å². The van der Waals surface area contributed by atoms with Gasteiger partial charge in [0, 0.05) is 38.3 Å². The van der Waals surface area contributed by atoms with Gasteiger partial charge in [0.05, 0.1) is 13.7 Å². The zero-order valence-electron chi connectivity index (χ0n) is 14.9. The molecule has 2 atom stereocenters. The van der Waals surface area contributed by atoms with Crippen LogP contribution in [0.1, 0.15) is 11.6 Å². The first-order chi connectivity index (χ1) is 12.0. The Balaban J connectivity index is 0.00000338. The Morgan fingerprint density at radius 1 is 1.23 bits per heavy atom. The maximum atomic E-state index is 12.3. The number of carbonyl (C=O) groups excluding carboxylic acids is 2. The molecule has 9 heteroatoms. The largest absolute Gasteiger partial charge is 0.468 e. The lowest BCUT2D eigenvalue weighted by Gasteiger charge is -2.39. The normalized spacial score (nSPS) is 17.2. The van der Waals surface area contributed by atoms with Crippen LogP contribution in [0.15, 0.2) is 24.3 Å². The number of methoxy groups -OCH3 is 2. The van der Waals surface area contributed by atoms with E-state index in [-0.39, 0.29) is 30.9 Å². The van der Waals surface area contributed by atoms with Crippen LogP contribution in [0.2, 0.25) is 5.02 Å². The minimum atomic E-state index is -0.666. The van der Waals surface area contributed by atoms with E-state index in [2.05, 4.69) is 0 Å². The van der Waals surface area contributed by atoms with Gasteiger partial charge in [-0.15, -0.1) is 12.4 Å². The van der Waals surface area contributed by atoms with E-state index < -0.39 is 12.1 Å². The summed E-state index contributed by atoms with van der Waals surface area (Å²) in [7, 11) is 2.88. The van der Waals surface area contributed by atoms with E-state index in [1.54, 1.807) is 23.1 Å². The van der Waals surface area contributed by atoms with Gasteiger partial charge < -0.3 is 20.1 Å². The van der Waals surface area contributed by atoms with Crippen LogP contribution in [0.25, 0.3) is 0 Å². The quantitative estimate of drug-likeness (QED) is 0.713. The molecule has 1 aliphatic heterocycles. The van der Waals surface area contributed by atoms with Gasteiger partial charge in [0.25, 0.3) is 0 Å². The van der Waals surface area contributed by atoms with Gasteiger partial charge >= 0.3 is 5.97 Å². The van der Waals surface area contributed by atoms with Crippen molar-refractivity contribution in [3.05, 3.63) is 34.9 Å². The number of amides is 1.